The standard InChI is InChI=1S/C22H17BrF3N5O/c23-19-18(21(32)30-7-6-14(11-30)13-4-2-1-3-5-13)29-20-17(22(24,25)26)8-15(12-31(19)20)16-9-27-28-10-16/h1-5,8-10,12,14H,6-7,11H2,(H,27,28). The summed E-state index contributed by atoms with van der Waals surface area (Å²) in [6.07, 6.45) is 0.607. The molecule has 4 aromatic rings. The number of amides is 1. The molecule has 1 N–H and O–H groups in total. The molecule has 164 valence electrons. The van der Waals surface area contributed by atoms with Crippen LogP contribution in [0, 0.1) is 0 Å². The van der Waals surface area contributed by atoms with Gasteiger partial charge in [-0.2, -0.15) is 18.3 Å². The number of halogens is 4. The number of rotatable bonds is 3. The molecule has 1 aromatic carbocycles. The van der Waals surface area contributed by atoms with Crippen LogP contribution in [0.15, 0.2) is 59.6 Å². The minimum Gasteiger partial charge on any atom is -0.337 e. The number of nitrogens with one attached hydrogen (secondary N) is 1. The fourth-order valence-electron chi connectivity index (χ4n) is 4.12. The van der Waals surface area contributed by atoms with Gasteiger partial charge in [-0.25, -0.2) is 4.98 Å². The van der Waals surface area contributed by atoms with Crippen molar-refractivity contribution in [2.45, 2.75) is 18.5 Å². The maximum atomic E-state index is 13.8. The highest BCUT2D eigenvalue weighted by Crippen LogP contribution is 2.37. The second-order valence-corrected chi connectivity index (χ2v) is 8.47. The molecule has 1 amide bonds. The number of aromatic nitrogens is 4. The number of benzene rings is 1. The van der Waals surface area contributed by atoms with Crippen LogP contribution in [0.3, 0.4) is 0 Å². The van der Waals surface area contributed by atoms with Gasteiger partial charge in [0.25, 0.3) is 5.91 Å². The molecule has 0 saturated carbocycles. The van der Waals surface area contributed by atoms with E-state index in [0.29, 0.717) is 24.2 Å². The zero-order valence-corrected chi connectivity index (χ0v) is 18.2. The first-order valence-electron chi connectivity index (χ1n) is 9.95. The first-order chi connectivity index (χ1) is 15.3. The number of alkyl halides is 3. The van der Waals surface area contributed by atoms with Crippen LogP contribution in [0.2, 0.25) is 0 Å². The number of carbonyl (C=O) groups is 1. The first kappa shape index (κ1) is 20.7. The molecule has 6 nitrogen and oxygen atoms in total. The molecule has 0 bridgehead atoms. The molecule has 1 aliphatic rings. The van der Waals surface area contributed by atoms with Crippen LogP contribution in [0.4, 0.5) is 13.2 Å². The third-order valence-corrected chi connectivity index (χ3v) is 6.51. The number of pyridine rings is 1. The van der Waals surface area contributed by atoms with Crippen molar-refractivity contribution in [2.75, 3.05) is 13.1 Å². The van der Waals surface area contributed by atoms with E-state index >= 15 is 0 Å². The Morgan fingerprint density at radius 3 is 2.66 bits per heavy atom. The van der Waals surface area contributed by atoms with Gasteiger partial charge in [0.15, 0.2) is 11.3 Å². The van der Waals surface area contributed by atoms with Gasteiger partial charge < -0.3 is 4.90 Å². The summed E-state index contributed by atoms with van der Waals surface area (Å²) >= 11 is 3.32. The summed E-state index contributed by atoms with van der Waals surface area (Å²) < 4.78 is 43.0. The van der Waals surface area contributed by atoms with E-state index in [1.165, 1.54) is 23.0 Å². The summed E-state index contributed by atoms with van der Waals surface area (Å²) in [5.74, 6) is -0.202. The number of carbonyl (C=O) groups excluding carboxylic acids is 1. The van der Waals surface area contributed by atoms with Crippen molar-refractivity contribution in [3.8, 4) is 11.1 Å². The van der Waals surface area contributed by atoms with Crippen molar-refractivity contribution in [1.82, 2.24) is 24.5 Å². The molecule has 1 saturated heterocycles. The van der Waals surface area contributed by atoms with Gasteiger partial charge in [0.1, 0.15) is 4.60 Å². The van der Waals surface area contributed by atoms with Gasteiger partial charge in [0.2, 0.25) is 0 Å². The number of aromatic amines is 1. The Balaban J connectivity index is 1.54. The van der Waals surface area contributed by atoms with E-state index < -0.39 is 17.6 Å². The average molecular weight is 504 g/mol. The van der Waals surface area contributed by atoms with Gasteiger partial charge in [-0.3, -0.25) is 14.3 Å². The lowest BCUT2D eigenvalue weighted by Crippen LogP contribution is -2.29. The summed E-state index contributed by atoms with van der Waals surface area (Å²) in [6.45, 7) is 1.01. The summed E-state index contributed by atoms with van der Waals surface area (Å²) in [4.78, 5) is 19.0. The summed E-state index contributed by atoms with van der Waals surface area (Å²) in [5.41, 5.74) is 0.671. The Morgan fingerprint density at radius 1 is 1.19 bits per heavy atom. The minimum atomic E-state index is -4.64. The van der Waals surface area contributed by atoms with Gasteiger partial charge >= 0.3 is 6.18 Å². The highest BCUT2D eigenvalue weighted by atomic mass is 79.9. The predicted molar refractivity (Wildman–Crippen MR) is 115 cm³/mol. The Kier molecular flexibility index (Phi) is 5.04. The van der Waals surface area contributed by atoms with Crippen LogP contribution in [0.1, 0.15) is 34.0 Å². The highest BCUT2D eigenvalue weighted by molar-refractivity contribution is 9.10. The number of H-pyrrole nitrogens is 1. The van der Waals surface area contributed by atoms with Crippen molar-refractivity contribution >= 4 is 27.5 Å². The van der Waals surface area contributed by atoms with Crippen LogP contribution in [-0.2, 0) is 6.18 Å². The largest absolute Gasteiger partial charge is 0.420 e. The lowest BCUT2D eigenvalue weighted by atomic mass is 9.99. The monoisotopic (exact) mass is 503 g/mol. The molecule has 1 fully saturated rings. The number of imidazole rings is 1. The fraction of sp³-hybridized carbons (Fsp3) is 0.227. The molecular weight excluding hydrogens is 487 g/mol. The van der Waals surface area contributed by atoms with E-state index in [9.17, 15) is 18.0 Å². The van der Waals surface area contributed by atoms with Crippen molar-refractivity contribution in [1.29, 1.82) is 0 Å². The number of fused-ring (bicyclic) bond motifs is 1. The Labute approximate surface area is 189 Å². The number of hydrogen-bond acceptors (Lipinski definition) is 3. The summed E-state index contributed by atoms with van der Waals surface area (Å²) in [6, 6.07) is 10.9. The molecule has 10 heteroatoms. The zero-order chi connectivity index (χ0) is 22.5. The molecule has 0 radical (unpaired) electrons. The fourth-order valence-corrected chi connectivity index (χ4v) is 4.65. The highest BCUT2D eigenvalue weighted by Gasteiger charge is 2.37. The zero-order valence-electron chi connectivity index (χ0n) is 16.6. The van der Waals surface area contributed by atoms with Gasteiger partial charge in [0, 0.05) is 42.5 Å². The Morgan fingerprint density at radius 2 is 1.97 bits per heavy atom. The van der Waals surface area contributed by atoms with Gasteiger partial charge in [-0.15, -0.1) is 0 Å². The van der Waals surface area contributed by atoms with Gasteiger partial charge in [-0.05, 0) is 34.0 Å². The van der Waals surface area contributed by atoms with Gasteiger partial charge in [-0.1, -0.05) is 30.3 Å². The maximum Gasteiger partial charge on any atom is 0.420 e. The number of nitrogens with zero attached hydrogens (tertiary/aromatic N) is 4. The molecule has 1 unspecified atom stereocenters. The topological polar surface area (TPSA) is 66.3 Å². The quantitative estimate of drug-likeness (QED) is 0.421. The predicted octanol–water partition coefficient (Wildman–Crippen LogP) is 5.14. The van der Waals surface area contributed by atoms with Crippen molar-refractivity contribution in [3.63, 3.8) is 0 Å². The molecule has 3 aromatic heterocycles. The van der Waals surface area contributed by atoms with E-state index in [1.54, 1.807) is 4.90 Å². The van der Waals surface area contributed by atoms with Crippen molar-refractivity contribution in [2.24, 2.45) is 0 Å². The summed E-state index contributed by atoms with van der Waals surface area (Å²) in [5, 5.41) is 6.41. The molecule has 32 heavy (non-hydrogen) atoms. The molecule has 1 aliphatic heterocycles. The smallest absolute Gasteiger partial charge is 0.337 e. The molecule has 5 rings (SSSR count). The van der Waals surface area contributed by atoms with E-state index in [1.807, 2.05) is 30.3 Å². The van der Waals surface area contributed by atoms with Crippen molar-refractivity contribution < 1.29 is 18.0 Å². The third kappa shape index (κ3) is 3.58. The summed E-state index contributed by atoms with van der Waals surface area (Å²) in [7, 11) is 0. The molecular formula is C22H17BrF3N5O. The molecule has 4 heterocycles. The van der Waals surface area contributed by atoms with E-state index in [0.717, 1.165) is 18.1 Å². The first-order valence-corrected chi connectivity index (χ1v) is 10.7. The minimum absolute atomic E-state index is 0.0337. The van der Waals surface area contributed by atoms with E-state index in [2.05, 4.69) is 31.1 Å². The molecule has 1 atom stereocenters. The lowest BCUT2D eigenvalue weighted by Gasteiger charge is -2.15. The molecule has 0 spiro atoms. The SMILES string of the molecule is O=C(c1nc2c(C(F)(F)F)cc(-c3cn[nH]c3)cn2c1Br)N1CCC(c2ccccc2)C1. The van der Waals surface area contributed by atoms with Crippen LogP contribution < -0.4 is 0 Å². The van der Waals surface area contributed by atoms with Crippen LogP contribution >= 0.6 is 15.9 Å². The van der Waals surface area contributed by atoms with Gasteiger partial charge in [0.05, 0.1) is 11.8 Å². The number of hydrogen-bond donors (Lipinski definition) is 1. The Hall–Kier alpha value is -3.14. The second-order valence-electron chi connectivity index (χ2n) is 7.72. The van der Waals surface area contributed by atoms with Crippen LogP contribution in [0.25, 0.3) is 16.8 Å². The van der Waals surface area contributed by atoms with Crippen molar-refractivity contribution in [3.05, 3.63) is 76.4 Å². The lowest BCUT2D eigenvalue weighted by molar-refractivity contribution is -0.136. The van der Waals surface area contributed by atoms with Crippen LogP contribution in [-0.4, -0.2) is 43.5 Å². The average Bonchev–Trinajstić information content (AvgIpc) is 3.53. The van der Waals surface area contributed by atoms with E-state index in [-0.39, 0.29) is 21.9 Å². The number of likely N-dealkylation sites (tertiary alicyclic amines) is 1. The Bertz CT molecular complexity index is 1280. The van der Waals surface area contributed by atoms with E-state index in [4.69, 9.17) is 0 Å². The molecule has 0 aliphatic carbocycles. The second kappa shape index (κ2) is 7.77. The normalized spacial score (nSPS) is 16.8. The third-order valence-electron chi connectivity index (χ3n) is 5.75. The maximum absolute atomic E-state index is 13.8. The van der Waals surface area contributed by atoms with Crippen LogP contribution in [0.5, 0.6) is 0 Å².